The Morgan fingerprint density at radius 1 is 1.43 bits per heavy atom. The van der Waals surface area contributed by atoms with E-state index in [0.29, 0.717) is 11.2 Å². The first-order valence-corrected chi connectivity index (χ1v) is 4.89. The molecule has 76 valence electrons. The van der Waals surface area contributed by atoms with Gasteiger partial charge in [-0.1, -0.05) is 13.0 Å². The highest BCUT2D eigenvalue weighted by atomic mass is 15.3. The fourth-order valence-electron chi connectivity index (χ4n) is 1.31. The second kappa shape index (κ2) is 3.46. The topological polar surface area (TPSA) is 63.0 Å². The lowest BCUT2D eigenvalue weighted by molar-refractivity contribution is 0.609. The van der Waals surface area contributed by atoms with Crippen molar-refractivity contribution in [3.8, 4) is 0 Å². The van der Waals surface area contributed by atoms with Gasteiger partial charge in [0.1, 0.15) is 11.6 Å². The summed E-state index contributed by atoms with van der Waals surface area (Å²) in [4.78, 5) is 4.27. The van der Waals surface area contributed by atoms with Crippen LogP contribution < -0.4 is 16.6 Å². The minimum Gasteiger partial charge on any atom is -0.369 e. The van der Waals surface area contributed by atoms with Crippen molar-refractivity contribution in [3.05, 3.63) is 18.2 Å². The predicted octanol–water partition coefficient (Wildman–Crippen LogP) is 1.58. The molecule has 0 bridgehead atoms. The molecule has 1 aliphatic carbocycles. The minimum atomic E-state index is 0.494. The van der Waals surface area contributed by atoms with E-state index in [0.717, 1.165) is 12.4 Å². The Bertz CT molecular complexity index is 320. The molecule has 4 heteroatoms. The number of pyridine rings is 1. The van der Waals surface area contributed by atoms with E-state index >= 15 is 0 Å². The van der Waals surface area contributed by atoms with Crippen molar-refractivity contribution in [1.82, 2.24) is 4.98 Å². The maximum atomic E-state index is 5.27. The van der Waals surface area contributed by atoms with Crippen LogP contribution in [-0.2, 0) is 0 Å². The number of aromatic nitrogens is 1. The van der Waals surface area contributed by atoms with Crippen molar-refractivity contribution >= 4 is 11.6 Å². The molecule has 0 aliphatic heterocycles. The number of anilines is 2. The van der Waals surface area contributed by atoms with Gasteiger partial charge in [-0.2, -0.15) is 0 Å². The van der Waals surface area contributed by atoms with Crippen molar-refractivity contribution in [2.75, 3.05) is 17.3 Å². The first kappa shape index (κ1) is 9.27. The van der Waals surface area contributed by atoms with E-state index in [4.69, 9.17) is 5.84 Å². The number of nitrogens with zero attached hydrogens (tertiary/aromatic N) is 1. The van der Waals surface area contributed by atoms with Gasteiger partial charge in [-0.3, -0.25) is 0 Å². The second-order valence-corrected chi connectivity index (χ2v) is 4.22. The van der Waals surface area contributed by atoms with Crippen LogP contribution in [0.15, 0.2) is 18.2 Å². The average Bonchev–Trinajstić information content (AvgIpc) is 2.95. The summed E-state index contributed by atoms with van der Waals surface area (Å²) < 4.78 is 0. The van der Waals surface area contributed by atoms with Crippen LogP contribution >= 0.6 is 0 Å². The van der Waals surface area contributed by atoms with Gasteiger partial charge in [-0.15, -0.1) is 0 Å². The number of nitrogen functional groups attached to an aromatic ring is 1. The Morgan fingerprint density at radius 2 is 2.14 bits per heavy atom. The number of hydrogen-bond acceptors (Lipinski definition) is 4. The molecular formula is C10H16N4. The van der Waals surface area contributed by atoms with Gasteiger partial charge < -0.3 is 10.7 Å². The highest BCUT2D eigenvalue weighted by Crippen LogP contribution is 2.44. The monoisotopic (exact) mass is 192 g/mol. The fourth-order valence-corrected chi connectivity index (χ4v) is 1.31. The van der Waals surface area contributed by atoms with Gasteiger partial charge in [-0.25, -0.2) is 10.8 Å². The maximum absolute atomic E-state index is 5.27. The third-order valence-corrected chi connectivity index (χ3v) is 2.70. The van der Waals surface area contributed by atoms with Gasteiger partial charge in [0, 0.05) is 6.54 Å². The van der Waals surface area contributed by atoms with E-state index in [1.165, 1.54) is 12.8 Å². The van der Waals surface area contributed by atoms with Gasteiger partial charge >= 0.3 is 0 Å². The van der Waals surface area contributed by atoms with Crippen LogP contribution in [0.25, 0.3) is 0 Å². The van der Waals surface area contributed by atoms with Gasteiger partial charge in [0.25, 0.3) is 0 Å². The van der Waals surface area contributed by atoms with E-state index < -0.39 is 0 Å². The summed E-state index contributed by atoms with van der Waals surface area (Å²) in [5.41, 5.74) is 3.02. The first-order valence-electron chi connectivity index (χ1n) is 4.89. The number of hydrogen-bond donors (Lipinski definition) is 3. The molecule has 0 saturated heterocycles. The minimum absolute atomic E-state index is 0.494. The molecular weight excluding hydrogens is 176 g/mol. The number of nitrogens with one attached hydrogen (secondary N) is 2. The zero-order valence-electron chi connectivity index (χ0n) is 8.38. The van der Waals surface area contributed by atoms with Crippen LogP contribution in [0.4, 0.5) is 11.6 Å². The molecule has 4 nitrogen and oxygen atoms in total. The quantitative estimate of drug-likeness (QED) is 0.500. The van der Waals surface area contributed by atoms with Gasteiger partial charge in [-0.05, 0) is 30.4 Å². The third-order valence-electron chi connectivity index (χ3n) is 2.70. The zero-order chi connectivity index (χ0) is 10.0. The second-order valence-electron chi connectivity index (χ2n) is 4.22. The normalized spacial score (nSPS) is 17.6. The van der Waals surface area contributed by atoms with Crippen LogP contribution in [0.1, 0.15) is 19.8 Å². The fraction of sp³-hybridized carbons (Fsp3) is 0.500. The average molecular weight is 192 g/mol. The standard InChI is InChI=1S/C10H16N4/c1-10(5-6-10)7-12-8-3-2-4-9(13-8)14-11/h2-4H,5-7,11H2,1H3,(H2,12,13,14). The molecule has 0 aromatic carbocycles. The molecule has 0 unspecified atom stereocenters. The van der Waals surface area contributed by atoms with Gasteiger partial charge in [0.05, 0.1) is 0 Å². The molecule has 4 N–H and O–H groups in total. The number of nitrogens with two attached hydrogens (primary N) is 1. The molecule has 0 spiro atoms. The maximum Gasteiger partial charge on any atom is 0.142 e. The summed E-state index contributed by atoms with van der Waals surface area (Å²) in [7, 11) is 0. The van der Waals surface area contributed by atoms with Crippen molar-refractivity contribution in [1.29, 1.82) is 0 Å². The molecule has 0 amide bonds. The van der Waals surface area contributed by atoms with Gasteiger partial charge in [0.2, 0.25) is 0 Å². The van der Waals surface area contributed by atoms with E-state index in [1.807, 2.05) is 18.2 Å². The Hall–Kier alpha value is -1.29. The SMILES string of the molecule is CC1(CNc2cccc(NN)n2)CC1. The Kier molecular flexibility index (Phi) is 2.29. The van der Waals surface area contributed by atoms with Crippen LogP contribution in [0, 0.1) is 5.41 Å². The zero-order valence-corrected chi connectivity index (χ0v) is 8.38. The van der Waals surface area contributed by atoms with E-state index in [9.17, 15) is 0 Å². The van der Waals surface area contributed by atoms with E-state index in [1.54, 1.807) is 0 Å². The first-order chi connectivity index (χ1) is 6.72. The predicted molar refractivity (Wildman–Crippen MR) is 57.9 cm³/mol. The lowest BCUT2D eigenvalue weighted by atomic mass is 10.1. The van der Waals surface area contributed by atoms with Crippen LogP contribution in [0.3, 0.4) is 0 Å². The molecule has 1 heterocycles. The largest absolute Gasteiger partial charge is 0.369 e. The smallest absolute Gasteiger partial charge is 0.142 e. The summed E-state index contributed by atoms with van der Waals surface area (Å²) >= 11 is 0. The summed E-state index contributed by atoms with van der Waals surface area (Å²) in [6.07, 6.45) is 2.63. The lowest BCUT2D eigenvalue weighted by Crippen LogP contribution is -2.14. The van der Waals surface area contributed by atoms with Crippen molar-refractivity contribution in [2.45, 2.75) is 19.8 Å². The molecule has 1 aromatic rings. The van der Waals surface area contributed by atoms with Crippen molar-refractivity contribution < 1.29 is 0 Å². The highest BCUT2D eigenvalue weighted by Gasteiger charge is 2.36. The Balaban J connectivity index is 1.94. The summed E-state index contributed by atoms with van der Waals surface area (Å²) in [5.74, 6) is 6.85. The number of hydrazine groups is 1. The lowest BCUT2D eigenvalue weighted by Gasteiger charge is -2.11. The third kappa shape index (κ3) is 2.14. The molecule has 0 atom stereocenters. The number of rotatable bonds is 4. The molecule has 1 aromatic heterocycles. The Labute approximate surface area is 83.9 Å². The Morgan fingerprint density at radius 3 is 2.79 bits per heavy atom. The van der Waals surface area contributed by atoms with Crippen molar-refractivity contribution in [3.63, 3.8) is 0 Å². The molecule has 1 fully saturated rings. The molecule has 1 saturated carbocycles. The van der Waals surface area contributed by atoms with E-state index in [-0.39, 0.29) is 0 Å². The molecule has 0 radical (unpaired) electrons. The van der Waals surface area contributed by atoms with Crippen LogP contribution in [0.5, 0.6) is 0 Å². The van der Waals surface area contributed by atoms with Crippen LogP contribution in [-0.4, -0.2) is 11.5 Å². The molecule has 2 rings (SSSR count). The highest BCUT2D eigenvalue weighted by molar-refractivity contribution is 5.44. The van der Waals surface area contributed by atoms with Gasteiger partial charge in [0.15, 0.2) is 0 Å². The summed E-state index contributed by atoms with van der Waals surface area (Å²) in [6, 6.07) is 5.72. The van der Waals surface area contributed by atoms with Crippen molar-refractivity contribution in [2.24, 2.45) is 11.3 Å². The van der Waals surface area contributed by atoms with Crippen LogP contribution in [0.2, 0.25) is 0 Å². The summed E-state index contributed by atoms with van der Waals surface area (Å²) in [6.45, 7) is 3.28. The molecule has 14 heavy (non-hydrogen) atoms. The summed E-state index contributed by atoms with van der Waals surface area (Å²) in [5, 5.41) is 3.32. The van der Waals surface area contributed by atoms with E-state index in [2.05, 4.69) is 22.7 Å². The molecule has 1 aliphatic rings.